The van der Waals surface area contributed by atoms with Gasteiger partial charge in [0.25, 0.3) is 5.56 Å². The number of aliphatic hydroxyl groups is 1. The lowest BCUT2D eigenvalue weighted by molar-refractivity contribution is 0.154. The second-order valence-electron chi connectivity index (χ2n) is 6.78. The molecule has 1 atom stereocenters. The molecule has 2 N–H and O–H groups in total. The zero-order chi connectivity index (χ0) is 18.7. The number of imidazole rings is 1. The van der Waals surface area contributed by atoms with Gasteiger partial charge in [-0.15, -0.1) is 0 Å². The lowest BCUT2D eigenvalue weighted by atomic mass is 10.1. The minimum atomic E-state index is -0.675. The fraction of sp³-hybridized carbons (Fsp3) is 0.211. The third kappa shape index (κ3) is 2.23. The number of fused-ring (bicyclic) bond motifs is 4. The Labute approximate surface area is 152 Å². The first-order valence-corrected chi connectivity index (χ1v) is 8.67. The van der Waals surface area contributed by atoms with Crippen LogP contribution in [0.4, 0.5) is 11.6 Å². The molecule has 136 valence electrons. The first-order valence-electron chi connectivity index (χ1n) is 8.67. The molecule has 0 saturated heterocycles. The lowest BCUT2D eigenvalue weighted by Crippen LogP contribution is -2.39. The second kappa shape index (κ2) is 5.55. The summed E-state index contributed by atoms with van der Waals surface area (Å²) in [4.78, 5) is 33.2. The number of rotatable bonds is 1. The average Bonchev–Trinajstić information content (AvgIpc) is 3.05. The average molecular weight is 363 g/mol. The molecule has 1 aliphatic heterocycles. The van der Waals surface area contributed by atoms with E-state index >= 15 is 0 Å². The van der Waals surface area contributed by atoms with Gasteiger partial charge in [-0.2, -0.15) is 4.98 Å². The maximum Gasteiger partial charge on any atom is 0.329 e. The molecule has 8 nitrogen and oxygen atoms in total. The van der Waals surface area contributed by atoms with E-state index in [4.69, 9.17) is 0 Å². The van der Waals surface area contributed by atoms with Crippen LogP contribution in [0.5, 0.6) is 0 Å². The molecular formula is C19H17N5O3. The Morgan fingerprint density at radius 3 is 2.74 bits per heavy atom. The van der Waals surface area contributed by atoms with E-state index in [9.17, 15) is 14.7 Å². The highest BCUT2D eigenvalue weighted by Crippen LogP contribution is 2.35. The molecule has 0 bridgehead atoms. The van der Waals surface area contributed by atoms with E-state index in [2.05, 4.69) is 9.97 Å². The van der Waals surface area contributed by atoms with Gasteiger partial charge in [-0.3, -0.25) is 14.3 Å². The number of anilines is 2. The fourth-order valence-electron chi connectivity index (χ4n) is 3.81. The van der Waals surface area contributed by atoms with E-state index in [0.29, 0.717) is 18.1 Å². The van der Waals surface area contributed by atoms with Crippen molar-refractivity contribution in [2.45, 2.75) is 12.6 Å². The number of aliphatic hydroxyl groups excluding tert-OH is 1. The maximum absolute atomic E-state index is 12.4. The summed E-state index contributed by atoms with van der Waals surface area (Å²) >= 11 is 0. The molecule has 2 aromatic heterocycles. The van der Waals surface area contributed by atoms with E-state index in [-0.39, 0.29) is 12.1 Å². The van der Waals surface area contributed by atoms with Gasteiger partial charge < -0.3 is 14.6 Å². The summed E-state index contributed by atoms with van der Waals surface area (Å²) in [6, 6.07) is 13.9. The minimum Gasteiger partial charge on any atom is -0.389 e. The number of hydrogen-bond acceptors (Lipinski definition) is 5. The van der Waals surface area contributed by atoms with Gasteiger partial charge in [-0.25, -0.2) is 4.79 Å². The zero-order valence-electron chi connectivity index (χ0n) is 14.6. The predicted octanol–water partition coefficient (Wildman–Crippen LogP) is 1.09. The number of aryl methyl sites for hydroxylation is 1. The molecular weight excluding hydrogens is 346 g/mol. The van der Waals surface area contributed by atoms with Crippen molar-refractivity contribution in [1.29, 1.82) is 0 Å². The van der Waals surface area contributed by atoms with Crippen LogP contribution in [-0.2, 0) is 13.6 Å². The summed E-state index contributed by atoms with van der Waals surface area (Å²) in [7, 11) is 1.57. The molecule has 0 saturated carbocycles. The SMILES string of the molecule is Cn1c(=O)[nH]c(=O)c2c1nc1n2CC(O)CN1c1cccc2ccccc12. The molecule has 27 heavy (non-hydrogen) atoms. The van der Waals surface area contributed by atoms with Gasteiger partial charge in [0.1, 0.15) is 0 Å². The second-order valence-corrected chi connectivity index (χ2v) is 6.78. The molecule has 1 unspecified atom stereocenters. The Morgan fingerprint density at radius 2 is 1.89 bits per heavy atom. The van der Waals surface area contributed by atoms with Gasteiger partial charge >= 0.3 is 5.69 Å². The van der Waals surface area contributed by atoms with Gasteiger partial charge in [0.2, 0.25) is 5.95 Å². The van der Waals surface area contributed by atoms with Crippen LogP contribution in [-0.4, -0.2) is 36.9 Å². The van der Waals surface area contributed by atoms with Gasteiger partial charge in [-0.05, 0) is 11.5 Å². The molecule has 2 aromatic carbocycles. The van der Waals surface area contributed by atoms with Crippen molar-refractivity contribution in [2.24, 2.45) is 7.05 Å². The summed E-state index contributed by atoms with van der Waals surface area (Å²) < 4.78 is 3.00. The van der Waals surface area contributed by atoms with Crippen molar-refractivity contribution in [3.63, 3.8) is 0 Å². The van der Waals surface area contributed by atoms with E-state index in [1.165, 1.54) is 4.57 Å². The van der Waals surface area contributed by atoms with Crippen LogP contribution in [0.25, 0.3) is 21.9 Å². The predicted molar refractivity (Wildman–Crippen MR) is 103 cm³/mol. The summed E-state index contributed by atoms with van der Waals surface area (Å²) in [6.45, 7) is 0.595. The van der Waals surface area contributed by atoms with Crippen molar-refractivity contribution < 1.29 is 5.11 Å². The van der Waals surface area contributed by atoms with Crippen LogP contribution in [0.3, 0.4) is 0 Å². The van der Waals surface area contributed by atoms with Crippen LogP contribution in [0, 0.1) is 0 Å². The standard InChI is InChI=1S/C19H17N5O3/c1-22-16-15(17(26)21-19(22)27)24-10-12(25)9-23(18(24)20-16)14-8-4-6-11-5-2-3-7-13(11)14/h2-8,12,25H,9-10H2,1H3,(H,21,26,27). The third-order valence-corrected chi connectivity index (χ3v) is 5.07. The van der Waals surface area contributed by atoms with E-state index in [0.717, 1.165) is 16.5 Å². The normalized spacial score (nSPS) is 16.8. The van der Waals surface area contributed by atoms with E-state index < -0.39 is 17.4 Å². The minimum absolute atomic E-state index is 0.244. The van der Waals surface area contributed by atoms with Crippen LogP contribution < -0.4 is 16.1 Å². The lowest BCUT2D eigenvalue weighted by Gasteiger charge is -2.32. The van der Waals surface area contributed by atoms with Crippen molar-refractivity contribution in [2.75, 3.05) is 11.4 Å². The highest BCUT2D eigenvalue weighted by Gasteiger charge is 2.30. The van der Waals surface area contributed by atoms with Gasteiger partial charge in [0.15, 0.2) is 11.2 Å². The van der Waals surface area contributed by atoms with Crippen LogP contribution in [0.2, 0.25) is 0 Å². The van der Waals surface area contributed by atoms with Crippen LogP contribution in [0.15, 0.2) is 52.1 Å². The Kier molecular flexibility index (Phi) is 3.26. The van der Waals surface area contributed by atoms with E-state index in [1.54, 1.807) is 11.6 Å². The number of hydrogen-bond donors (Lipinski definition) is 2. The van der Waals surface area contributed by atoms with E-state index in [1.807, 2.05) is 47.4 Å². The molecule has 4 aromatic rings. The molecule has 8 heteroatoms. The molecule has 1 aliphatic rings. The Morgan fingerprint density at radius 1 is 1.11 bits per heavy atom. The first-order chi connectivity index (χ1) is 13.0. The number of β-amino-alcohol motifs (C(OH)–C–C–N with tert-alkyl or cyclic N) is 1. The summed E-state index contributed by atoms with van der Waals surface area (Å²) in [5.41, 5.74) is 0.470. The molecule has 0 spiro atoms. The van der Waals surface area contributed by atoms with Crippen molar-refractivity contribution in [1.82, 2.24) is 19.1 Å². The number of aromatic nitrogens is 4. The smallest absolute Gasteiger partial charge is 0.329 e. The van der Waals surface area contributed by atoms with Gasteiger partial charge in [0.05, 0.1) is 24.9 Å². The molecule has 0 amide bonds. The largest absolute Gasteiger partial charge is 0.389 e. The monoisotopic (exact) mass is 363 g/mol. The topological polar surface area (TPSA) is 96.2 Å². The van der Waals surface area contributed by atoms with Crippen molar-refractivity contribution in [3.8, 4) is 0 Å². The number of benzene rings is 2. The van der Waals surface area contributed by atoms with Crippen molar-refractivity contribution in [3.05, 3.63) is 63.3 Å². The first kappa shape index (κ1) is 15.8. The number of H-pyrrole nitrogens is 1. The highest BCUT2D eigenvalue weighted by molar-refractivity contribution is 5.96. The third-order valence-electron chi connectivity index (χ3n) is 5.07. The quantitative estimate of drug-likeness (QED) is 0.528. The van der Waals surface area contributed by atoms with Gasteiger partial charge in [0, 0.05) is 12.4 Å². The number of nitrogens with zero attached hydrogens (tertiary/aromatic N) is 4. The molecule has 0 aliphatic carbocycles. The van der Waals surface area contributed by atoms with Crippen molar-refractivity contribution >= 4 is 33.6 Å². The van der Waals surface area contributed by atoms with Gasteiger partial charge in [-0.1, -0.05) is 36.4 Å². The number of nitrogens with one attached hydrogen (secondary N) is 1. The molecule has 3 heterocycles. The summed E-state index contributed by atoms with van der Waals surface area (Å²) in [5.74, 6) is 0.540. The van der Waals surface area contributed by atoms with Crippen LogP contribution >= 0.6 is 0 Å². The Bertz CT molecular complexity index is 1310. The van der Waals surface area contributed by atoms with Crippen LogP contribution in [0.1, 0.15) is 0 Å². The Hall–Kier alpha value is -3.39. The highest BCUT2D eigenvalue weighted by atomic mass is 16.3. The molecule has 5 rings (SSSR count). The number of aromatic amines is 1. The maximum atomic E-state index is 12.4. The summed E-state index contributed by atoms with van der Waals surface area (Å²) in [5, 5.41) is 12.6. The zero-order valence-corrected chi connectivity index (χ0v) is 14.6. The fourth-order valence-corrected chi connectivity index (χ4v) is 3.81. The molecule has 0 fully saturated rings. The molecule has 0 radical (unpaired) electrons. The Balaban J connectivity index is 1.84. The summed E-state index contributed by atoms with van der Waals surface area (Å²) in [6.07, 6.45) is -0.675.